The molecule has 1 rings (SSSR count). The van der Waals surface area contributed by atoms with Crippen molar-refractivity contribution in [1.29, 1.82) is 0 Å². The summed E-state index contributed by atoms with van der Waals surface area (Å²) in [7, 11) is 1.90. The van der Waals surface area contributed by atoms with Crippen molar-refractivity contribution in [3.8, 4) is 0 Å². The molecule has 96 valence electrons. The number of nitrogens with one attached hydrogen (secondary N) is 2. The standard InChI is InChI=1S/C13H24N4/c1-6-9(3)8-15-13-10(4)12(14-5)16-11(7-2)17-13/h9H,6-8H2,1-5H3,(H2,14,15,16,17). The molecule has 1 atom stereocenters. The summed E-state index contributed by atoms with van der Waals surface area (Å²) >= 11 is 0. The molecule has 0 spiro atoms. The first-order valence-corrected chi connectivity index (χ1v) is 6.41. The number of aryl methyl sites for hydroxylation is 1. The molecular weight excluding hydrogens is 212 g/mol. The van der Waals surface area contributed by atoms with Gasteiger partial charge in [0.05, 0.1) is 0 Å². The van der Waals surface area contributed by atoms with Gasteiger partial charge in [-0.1, -0.05) is 27.2 Å². The van der Waals surface area contributed by atoms with E-state index in [1.807, 2.05) is 14.0 Å². The van der Waals surface area contributed by atoms with Gasteiger partial charge in [-0.2, -0.15) is 0 Å². The van der Waals surface area contributed by atoms with Gasteiger partial charge in [-0.25, -0.2) is 9.97 Å². The Morgan fingerprint density at radius 2 is 1.82 bits per heavy atom. The first kappa shape index (κ1) is 13.7. The summed E-state index contributed by atoms with van der Waals surface area (Å²) in [6.07, 6.45) is 2.03. The highest BCUT2D eigenvalue weighted by molar-refractivity contribution is 5.56. The van der Waals surface area contributed by atoms with E-state index in [1.165, 1.54) is 6.42 Å². The van der Waals surface area contributed by atoms with Crippen LogP contribution < -0.4 is 10.6 Å². The highest BCUT2D eigenvalue weighted by atomic mass is 15.1. The van der Waals surface area contributed by atoms with Gasteiger partial charge < -0.3 is 10.6 Å². The Balaban J connectivity index is 2.89. The Labute approximate surface area is 104 Å². The van der Waals surface area contributed by atoms with Crippen molar-refractivity contribution in [1.82, 2.24) is 9.97 Å². The van der Waals surface area contributed by atoms with E-state index in [0.29, 0.717) is 5.92 Å². The van der Waals surface area contributed by atoms with E-state index >= 15 is 0 Å². The summed E-state index contributed by atoms with van der Waals surface area (Å²) < 4.78 is 0. The molecular formula is C13H24N4. The van der Waals surface area contributed by atoms with Gasteiger partial charge in [-0.05, 0) is 12.8 Å². The van der Waals surface area contributed by atoms with Crippen LogP contribution in [0.4, 0.5) is 11.6 Å². The van der Waals surface area contributed by atoms with Gasteiger partial charge in [0, 0.05) is 25.6 Å². The Morgan fingerprint density at radius 1 is 1.18 bits per heavy atom. The Morgan fingerprint density at radius 3 is 2.35 bits per heavy atom. The molecule has 0 saturated heterocycles. The van der Waals surface area contributed by atoms with E-state index in [9.17, 15) is 0 Å². The largest absolute Gasteiger partial charge is 0.373 e. The lowest BCUT2D eigenvalue weighted by atomic mass is 10.1. The van der Waals surface area contributed by atoms with E-state index in [1.54, 1.807) is 0 Å². The van der Waals surface area contributed by atoms with Crippen molar-refractivity contribution >= 4 is 11.6 Å². The summed E-state index contributed by atoms with van der Waals surface area (Å²) in [6.45, 7) is 9.52. The zero-order valence-electron chi connectivity index (χ0n) is 11.6. The van der Waals surface area contributed by atoms with Crippen LogP contribution >= 0.6 is 0 Å². The summed E-state index contributed by atoms with van der Waals surface area (Å²) in [4.78, 5) is 9.00. The van der Waals surface area contributed by atoms with Crippen LogP contribution in [-0.2, 0) is 6.42 Å². The van der Waals surface area contributed by atoms with Gasteiger partial charge in [-0.15, -0.1) is 0 Å². The normalized spacial score (nSPS) is 12.3. The number of aromatic nitrogens is 2. The van der Waals surface area contributed by atoms with Gasteiger partial charge >= 0.3 is 0 Å². The fraction of sp³-hybridized carbons (Fsp3) is 0.692. The summed E-state index contributed by atoms with van der Waals surface area (Å²) in [5, 5.41) is 6.54. The van der Waals surface area contributed by atoms with E-state index < -0.39 is 0 Å². The lowest BCUT2D eigenvalue weighted by Gasteiger charge is -2.15. The molecule has 0 aliphatic carbocycles. The third kappa shape index (κ3) is 3.58. The van der Waals surface area contributed by atoms with Gasteiger partial charge in [0.2, 0.25) is 0 Å². The topological polar surface area (TPSA) is 49.8 Å². The molecule has 1 aromatic rings. The van der Waals surface area contributed by atoms with Crippen molar-refractivity contribution in [3.05, 3.63) is 11.4 Å². The lowest BCUT2D eigenvalue weighted by molar-refractivity contribution is 0.592. The molecule has 1 heterocycles. The van der Waals surface area contributed by atoms with Gasteiger partial charge in [0.1, 0.15) is 17.5 Å². The first-order valence-electron chi connectivity index (χ1n) is 6.41. The second-order valence-corrected chi connectivity index (χ2v) is 4.46. The minimum atomic E-state index is 0.660. The molecule has 0 amide bonds. The smallest absolute Gasteiger partial charge is 0.134 e. The fourth-order valence-electron chi connectivity index (χ4n) is 1.55. The number of anilines is 2. The summed E-state index contributed by atoms with van der Waals surface area (Å²) in [6, 6.07) is 0. The third-order valence-corrected chi connectivity index (χ3v) is 3.06. The quantitative estimate of drug-likeness (QED) is 0.797. The molecule has 2 N–H and O–H groups in total. The molecule has 0 aliphatic rings. The zero-order valence-corrected chi connectivity index (χ0v) is 11.6. The molecule has 0 saturated carbocycles. The second-order valence-electron chi connectivity index (χ2n) is 4.46. The molecule has 1 unspecified atom stereocenters. The number of rotatable bonds is 6. The molecule has 4 nitrogen and oxygen atoms in total. The predicted octanol–water partition coefficient (Wildman–Crippen LogP) is 2.85. The van der Waals surface area contributed by atoms with Crippen LogP contribution in [-0.4, -0.2) is 23.6 Å². The average molecular weight is 236 g/mol. The number of hydrogen-bond acceptors (Lipinski definition) is 4. The molecule has 0 fully saturated rings. The third-order valence-electron chi connectivity index (χ3n) is 3.06. The fourth-order valence-corrected chi connectivity index (χ4v) is 1.55. The Hall–Kier alpha value is -1.32. The number of hydrogen-bond donors (Lipinski definition) is 2. The Kier molecular flexibility index (Phi) is 5.19. The van der Waals surface area contributed by atoms with Crippen LogP contribution in [0.3, 0.4) is 0 Å². The molecule has 0 aliphatic heterocycles. The zero-order chi connectivity index (χ0) is 12.8. The average Bonchev–Trinajstić information content (AvgIpc) is 2.37. The van der Waals surface area contributed by atoms with Crippen LogP contribution in [0.1, 0.15) is 38.6 Å². The van der Waals surface area contributed by atoms with Crippen LogP contribution in [0.5, 0.6) is 0 Å². The van der Waals surface area contributed by atoms with E-state index in [-0.39, 0.29) is 0 Å². The summed E-state index contributed by atoms with van der Waals surface area (Å²) in [5.74, 6) is 3.42. The van der Waals surface area contributed by atoms with Crippen molar-refractivity contribution in [2.24, 2.45) is 5.92 Å². The molecule has 17 heavy (non-hydrogen) atoms. The van der Waals surface area contributed by atoms with Gasteiger partial charge in [0.15, 0.2) is 0 Å². The molecule has 0 radical (unpaired) electrons. The van der Waals surface area contributed by atoms with Crippen LogP contribution in [0.15, 0.2) is 0 Å². The van der Waals surface area contributed by atoms with Crippen molar-refractivity contribution in [2.75, 3.05) is 24.2 Å². The van der Waals surface area contributed by atoms with Crippen molar-refractivity contribution in [3.63, 3.8) is 0 Å². The minimum absolute atomic E-state index is 0.660. The van der Waals surface area contributed by atoms with Crippen LogP contribution in [0.25, 0.3) is 0 Å². The monoisotopic (exact) mass is 236 g/mol. The summed E-state index contributed by atoms with van der Waals surface area (Å²) in [5.41, 5.74) is 1.09. The number of nitrogens with zero attached hydrogens (tertiary/aromatic N) is 2. The van der Waals surface area contributed by atoms with Crippen LogP contribution in [0.2, 0.25) is 0 Å². The Bertz CT molecular complexity index is 363. The highest BCUT2D eigenvalue weighted by Gasteiger charge is 2.09. The molecule has 0 bridgehead atoms. The van der Waals surface area contributed by atoms with Gasteiger partial charge in [-0.3, -0.25) is 0 Å². The van der Waals surface area contributed by atoms with Gasteiger partial charge in [0.25, 0.3) is 0 Å². The van der Waals surface area contributed by atoms with Crippen molar-refractivity contribution < 1.29 is 0 Å². The molecule has 4 heteroatoms. The SMILES string of the molecule is CCc1nc(NC)c(C)c(NCC(C)CC)n1. The van der Waals surface area contributed by atoms with Crippen LogP contribution in [0, 0.1) is 12.8 Å². The maximum atomic E-state index is 4.54. The minimum Gasteiger partial charge on any atom is -0.373 e. The second kappa shape index (κ2) is 6.42. The lowest BCUT2D eigenvalue weighted by Crippen LogP contribution is -2.14. The van der Waals surface area contributed by atoms with E-state index in [4.69, 9.17) is 0 Å². The van der Waals surface area contributed by atoms with E-state index in [2.05, 4.69) is 41.4 Å². The molecule has 0 aromatic carbocycles. The highest BCUT2D eigenvalue weighted by Crippen LogP contribution is 2.20. The maximum absolute atomic E-state index is 4.54. The van der Waals surface area contributed by atoms with E-state index in [0.717, 1.165) is 36.0 Å². The van der Waals surface area contributed by atoms with Crippen molar-refractivity contribution in [2.45, 2.75) is 40.5 Å². The predicted molar refractivity (Wildman–Crippen MR) is 73.6 cm³/mol. The molecule has 1 aromatic heterocycles. The first-order chi connectivity index (χ1) is 8.12. The maximum Gasteiger partial charge on any atom is 0.134 e.